The van der Waals surface area contributed by atoms with Gasteiger partial charge in [0.25, 0.3) is 0 Å². The van der Waals surface area contributed by atoms with E-state index in [1.54, 1.807) is 0 Å². The van der Waals surface area contributed by atoms with Gasteiger partial charge in [-0.05, 0) is 24.6 Å². The summed E-state index contributed by atoms with van der Waals surface area (Å²) in [5.74, 6) is 0. The number of rotatable bonds is 3. The van der Waals surface area contributed by atoms with Crippen molar-refractivity contribution in [1.82, 2.24) is 4.57 Å². The summed E-state index contributed by atoms with van der Waals surface area (Å²) in [5, 5.41) is 1.02. The highest BCUT2D eigenvalue weighted by Gasteiger charge is 2.05. The molecule has 2 heteroatoms. The summed E-state index contributed by atoms with van der Waals surface area (Å²) in [6.07, 6.45) is 2.95. The van der Waals surface area contributed by atoms with Crippen LogP contribution in [0.4, 0.5) is 0 Å². The summed E-state index contributed by atoms with van der Waals surface area (Å²) in [6.45, 7) is 2.91. The minimum atomic E-state index is 0.750. The van der Waals surface area contributed by atoms with Crippen LogP contribution in [0.2, 0.25) is 0 Å². The monoisotopic (exact) mass is 249 g/mol. The van der Waals surface area contributed by atoms with Crippen LogP contribution in [0.1, 0.15) is 21.5 Å². The largest absolute Gasteiger partial charge is 0.343 e. The van der Waals surface area contributed by atoms with E-state index in [0.717, 1.165) is 29.3 Å². The quantitative estimate of drug-likeness (QED) is 0.647. The molecule has 0 saturated heterocycles. The van der Waals surface area contributed by atoms with Gasteiger partial charge < -0.3 is 4.57 Å². The van der Waals surface area contributed by atoms with Crippen LogP contribution < -0.4 is 0 Å². The smallest absolute Gasteiger partial charge is 0.150 e. The Kier molecular flexibility index (Phi) is 2.92. The van der Waals surface area contributed by atoms with Crippen molar-refractivity contribution in [3.05, 3.63) is 71.4 Å². The lowest BCUT2D eigenvalue weighted by Crippen LogP contribution is -1.97. The Labute approximate surface area is 112 Å². The number of aldehydes is 1. The molecule has 2 aromatic carbocycles. The highest BCUT2D eigenvalue weighted by molar-refractivity contribution is 5.97. The van der Waals surface area contributed by atoms with Gasteiger partial charge in [0, 0.05) is 29.2 Å². The Balaban J connectivity index is 2.02. The van der Waals surface area contributed by atoms with Crippen molar-refractivity contribution >= 4 is 17.2 Å². The van der Waals surface area contributed by atoms with Gasteiger partial charge in [-0.15, -0.1) is 0 Å². The number of carbonyl (C=O) groups excluding carboxylic acids is 1. The highest BCUT2D eigenvalue weighted by Crippen LogP contribution is 2.20. The molecule has 0 atom stereocenters. The van der Waals surface area contributed by atoms with Crippen LogP contribution >= 0.6 is 0 Å². The summed E-state index contributed by atoms with van der Waals surface area (Å²) >= 11 is 0. The second-order valence-corrected chi connectivity index (χ2v) is 4.83. The van der Waals surface area contributed by atoms with E-state index in [4.69, 9.17) is 0 Å². The van der Waals surface area contributed by atoms with Crippen molar-refractivity contribution in [3.8, 4) is 0 Å². The molecule has 0 aliphatic rings. The zero-order valence-electron chi connectivity index (χ0n) is 10.8. The van der Waals surface area contributed by atoms with Gasteiger partial charge in [0.05, 0.1) is 0 Å². The summed E-state index contributed by atoms with van der Waals surface area (Å²) in [7, 11) is 0. The molecule has 94 valence electrons. The number of carbonyl (C=O) groups is 1. The predicted octanol–water partition coefficient (Wildman–Crippen LogP) is 3.81. The molecule has 0 N–H and O–H groups in total. The van der Waals surface area contributed by atoms with Crippen molar-refractivity contribution in [3.63, 3.8) is 0 Å². The van der Waals surface area contributed by atoms with Crippen LogP contribution in [0, 0.1) is 6.92 Å². The van der Waals surface area contributed by atoms with Crippen molar-refractivity contribution in [2.45, 2.75) is 13.5 Å². The van der Waals surface area contributed by atoms with Gasteiger partial charge in [-0.2, -0.15) is 0 Å². The van der Waals surface area contributed by atoms with E-state index in [-0.39, 0.29) is 0 Å². The van der Waals surface area contributed by atoms with E-state index in [0.29, 0.717) is 0 Å². The predicted molar refractivity (Wildman–Crippen MR) is 77.6 cm³/mol. The average molecular weight is 249 g/mol. The van der Waals surface area contributed by atoms with Crippen molar-refractivity contribution in [1.29, 1.82) is 0 Å². The van der Waals surface area contributed by atoms with Crippen LogP contribution in [-0.4, -0.2) is 10.9 Å². The number of hydrogen-bond donors (Lipinski definition) is 0. The van der Waals surface area contributed by atoms with E-state index >= 15 is 0 Å². The molecule has 1 heterocycles. The average Bonchev–Trinajstić information content (AvgIpc) is 2.84. The van der Waals surface area contributed by atoms with Crippen LogP contribution in [0.25, 0.3) is 10.9 Å². The third kappa shape index (κ3) is 2.17. The van der Waals surface area contributed by atoms with Crippen molar-refractivity contribution in [2.24, 2.45) is 0 Å². The summed E-state index contributed by atoms with van der Waals surface area (Å²) in [5.41, 5.74) is 4.38. The first-order chi connectivity index (χ1) is 9.28. The molecule has 0 unspecified atom stereocenters. The topological polar surface area (TPSA) is 22.0 Å². The third-order valence-electron chi connectivity index (χ3n) is 3.45. The fraction of sp³-hybridized carbons (Fsp3) is 0.118. The zero-order valence-corrected chi connectivity index (χ0v) is 10.8. The Hall–Kier alpha value is -2.35. The molecule has 0 spiro atoms. The normalized spacial score (nSPS) is 10.8. The standard InChI is InChI=1S/C17H15NO/c1-13-5-7-14(8-6-13)11-18-10-9-16-15(12-19)3-2-4-17(16)18/h2-10,12H,11H2,1H3. The Morgan fingerprint density at radius 1 is 1.05 bits per heavy atom. The number of fused-ring (bicyclic) bond motifs is 1. The Morgan fingerprint density at radius 3 is 2.58 bits per heavy atom. The molecular formula is C17H15NO. The maximum atomic E-state index is 11.0. The van der Waals surface area contributed by atoms with E-state index in [2.05, 4.69) is 41.8 Å². The fourth-order valence-corrected chi connectivity index (χ4v) is 2.38. The first-order valence-corrected chi connectivity index (χ1v) is 6.36. The molecule has 3 aromatic rings. The van der Waals surface area contributed by atoms with Crippen molar-refractivity contribution < 1.29 is 4.79 Å². The number of benzene rings is 2. The number of hydrogen-bond acceptors (Lipinski definition) is 1. The highest BCUT2D eigenvalue weighted by atomic mass is 16.1. The number of nitrogens with zero attached hydrogens (tertiary/aromatic N) is 1. The lowest BCUT2D eigenvalue weighted by molar-refractivity contribution is 0.112. The van der Waals surface area contributed by atoms with E-state index < -0.39 is 0 Å². The van der Waals surface area contributed by atoms with Gasteiger partial charge in [0.1, 0.15) is 0 Å². The molecule has 0 aliphatic carbocycles. The van der Waals surface area contributed by atoms with E-state index in [1.165, 1.54) is 11.1 Å². The Bertz CT molecular complexity index is 723. The molecule has 1 aromatic heterocycles. The van der Waals surface area contributed by atoms with Crippen LogP contribution in [-0.2, 0) is 6.54 Å². The molecule has 2 nitrogen and oxygen atoms in total. The number of aromatic nitrogens is 1. The van der Waals surface area contributed by atoms with Gasteiger partial charge >= 0.3 is 0 Å². The van der Waals surface area contributed by atoms with Gasteiger partial charge in [-0.25, -0.2) is 0 Å². The molecule has 0 aliphatic heterocycles. The lowest BCUT2D eigenvalue weighted by atomic mass is 10.1. The Morgan fingerprint density at radius 2 is 1.84 bits per heavy atom. The molecule has 19 heavy (non-hydrogen) atoms. The maximum absolute atomic E-state index is 11.0. The van der Waals surface area contributed by atoms with Gasteiger partial charge in [-0.1, -0.05) is 42.0 Å². The molecule has 0 bridgehead atoms. The lowest BCUT2D eigenvalue weighted by Gasteiger charge is -2.06. The maximum Gasteiger partial charge on any atom is 0.150 e. The van der Waals surface area contributed by atoms with E-state index in [9.17, 15) is 4.79 Å². The molecule has 3 rings (SSSR count). The molecule has 0 radical (unpaired) electrons. The molecule has 0 fully saturated rings. The van der Waals surface area contributed by atoms with Gasteiger partial charge in [0.2, 0.25) is 0 Å². The second-order valence-electron chi connectivity index (χ2n) is 4.83. The first kappa shape index (κ1) is 11.7. The summed E-state index contributed by atoms with van der Waals surface area (Å²) in [6, 6.07) is 16.4. The van der Waals surface area contributed by atoms with Crippen LogP contribution in [0.5, 0.6) is 0 Å². The van der Waals surface area contributed by atoms with Gasteiger partial charge in [0.15, 0.2) is 6.29 Å². The van der Waals surface area contributed by atoms with Crippen LogP contribution in [0.3, 0.4) is 0 Å². The van der Waals surface area contributed by atoms with Crippen LogP contribution in [0.15, 0.2) is 54.7 Å². The van der Waals surface area contributed by atoms with Gasteiger partial charge in [-0.3, -0.25) is 4.79 Å². The summed E-state index contributed by atoms with van der Waals surface area (Å²) in [4.78, 5) is 11.0. The zero-order chi connectivity index (χ0) is 13.2. The second kappa shape index (κ2) is 4.73. The number of aryl methyl sites for hydroxylation is 1. The molecule has 0 amide bonds. The minimum absolute atomic E-state index is 0.750. The SMILES string of the molecule is Cc1ccc(Cn2ccc3c(C=O)cccc32)cc1. The van der Waals surface area contributed by atoms with Crippen molar-refractivity contribution in [2.75, 3.05) is 0 Å². The molecular weight excluding hydrogens is 234 g/mol. The van der Waals surface area contributed by atoms with E-state index in [1.807, 2.05) is 24.4 Å². The fourth-order valence-electron chi connectivity index (χ4n) is 2.38. The third-order valence-corrected chi connectivity index (χ3v) is 3.45. The summed E-state index contributed by atoms with van der Waals surface area (Å²) < 4.78 is 2.17. The first-order valence-electron chi connectivity index (χ1n) is 6.36. The minimum Gasteiger partial charge on any atom is -0.343 e. The molecule has 0 saturated carbocycles.